The maximum absolute atomic E-state index is 4.42. The van der Waals surface area contributed by atoms with Gasteiger partial charge in [-0.2, -0.15) is 0 Å². The van der Waals surface area contributed by atoms with Gasteiger partial charge in [0.05, 0.1) is 24.1 Å². The lowest BCUT2D eigenvalue weighted by Gasteiger charge is -2.14. The van der Waals surface area contributed by atoms with Gasteiger partial charge in [0.1, 0.15) is 11.6 Å². The zero-order valence-corrected chi connectivity index (χ0v) is 10.6. The molecule has 5 nitrogen and oxygen atoms in total. The first-order valence-corrected chi connectivity index (χ1v) is 6.03. The van der Waals surface area contributed by atoms with E-state index in [-0.39, 0.29) is 6.04 Å². The first-order valence-electron chi connectivity index (χ1n) is 6.03. The van der Waals surface area contributed by atoms with Gasteiger partial charge in [-0.15, -0.1) is 0 Å². The Balaban J connectivity index is 2.07. The molecule has 0 aromatic carbocycles. The molecule has 18 heavy (non-hydrogen) atoms. The molecule has 0 saturated heterocycles. The molecule has 94 valence electrons. The summed E-state index contributed by atoms with van der Waals surface area (Å²) in [5.74, 6) is 1.52. The van der Waals surface area contributed by atoms with Gasteiger partial charge in [-0.1, -0.05) is 6.07 Å². The molecule has 0 aliphatic rings. The summed E-state index contributed by atoms with van der Waals surface area (Å²) in [6.45, 7) is 4.90. The summed E-state index contributed by atoms with van der Waals surface area (Å²) in [5, 5.41) is 6.41. The van der Waals surface area contributed by atoms with Crippen LogP contribution in [0, 0.1) is 0 Å². The van der Waals surface area contributed by atoms with Crippen LogP contribution in [-0.2, 0) is 0 Å². The number of hydrogen-bond acceptors (Lipinski definition) is 5. The molecule has 1 atom stereocenters. The standard InChI is InChI=1S/C13H17N5/c1-3-15-12-8-14-9-13(18-12)17-10(2)11-6-4-5-7-16-11/h4-10H,3H2,1-2H3,(H2,15,17,18). The second-order valence-electron chi connectivity index (χ2n) is 3.94. The van der Waals surface area contributed by atoms with E-state index >= 15 is 0 Å². The van der Waals surface area contributed by atoms with Gasteiger partial charge >= 0.3 is 0 Å². The largest absolute Gasteiger partial charge is 0.369 e. The van der Waals surface area contributed by atoms with Gasteiger partial charge < -0.3 is 10.6 Å². The van der Waals surface area contributed by atoms with Crippen molar-refractivity contribution in [1.82, 2.24) is 15.0 Å². The van der Waals surface area contributed by atoms with Gasteiger partial charge in [-0.3, -0.25) is 9.97 Å². The Bertz CT molecular complexity index is 486. The van der Waals surface area contributed by atoms with Crippen molar-refractivity contribution in [2.75, 3.05) is 17.2 Å². The van der Waals surface area contributed by atoms with E-state index in [4.69, 9.17) is 0 Å². The lowest BCUT2D eigenvalue weighted by molar-refractivity contribution is 0.830. The van der Waals surface area contributed by atoms with Crippen LogP contribution in [0.5, 0.6) is 0 Å². The van der Waals surface area contributed by atoms with E-state index in [1.165, 1.54) is 0 Å². The average Bonchev–Trinajstić information content (AvgIpc) is 2.40. The molecule has 0 aliphatic carbocycles. The Hall–Kier alpha value is -2.17. The van der Waals surface area contributed by atoms with Gasteiger partial charge in [0, 0.05) is 12.7 Å². The van der Waals surface area contributed by atoms with Crippen molar-refractivity contribution in [2.24, 2.45) is 0 Å². The van der Waals surface area contributed by atoms with Crippen molar-refractivity contribution in [1.29, 1.82) is 0 Å². The zero-order chi connectivity index (χ0) is 12.8. The third kappa shape index (κ3) is 3.16. The molecule has 0 saturated carbocycles. The highest BCUT2D eigenvalue weighted by molar-refractivity contribution is 5.42. The van der Waals surface area contributed by atoms with Gasteiger partial charge in [0.25, 0.3) is 0 Å². The monoisotopic (exact) mass is 243 g/mol. The van der Waals surface area contributed by atoms with Crippen LogP contribution in [0.4, 0.5) is 11.6 Å². The predicted octanol–water partition coefficient (Wildman–Crippen LogP) is 2.48. The van der Waals surface area contributed by atoms with Crippen LogP contribution in [-0.4, -0.2) is 21.5 Å². The van der Waals surface area contributed by atoms with E-state index in [1.54, 1.807) is 18.6 Å². The summed E-state index contributed by atoms with van der Waals surface area (Å²) in [4.78, 5) is 12.9. The molecule has 2 N–H and O–H groups in total. The lowest BCUT2D eigenvalue weighted by Crippen LogP contribution is -2.10. The van der Waals surface area contributed by atoms with Crippen LogP contribution < -0.4 is 10.6 Å². The molecule has 0 fully saturated rings. The topological polar surface area (TPSA) is 62.7 Å². The Morgan fingerprint density at radius 1 is 1.22 bits per heavy atom. The average molecular weight is 243 g/mol. The summed E-state index contributed by atoms with van der Waals surface area (Å²) < 4.78 is 0. The number of anilines is 2. The number of rotatable bonds is 5. The van der Waals surface area contributed by atoms with Crippen molar-refractivity contribution >= 4 is 11.6 Å². The summed E-state index contributed by atoms with van der Waals surface area (Å²) in [7, 11) is 0. The Morgan fingerprint density at radius 3 is 2.78 bits per heavy atom. The number of nitrogens with zero attached hydrogens (tertiary/aromatic N) is 3. The van der Waals surface area contributed by atoms with Crippen molar-refractivity contribution < 1.29 is 0 Å². The Labute approximate surface area is 107 Å². The third-order valence-electron chi connectivity index (χ3n) is 2.49. The molecule has 2 rings (SSSR count). The highest BCUT2D eigenvalue weighted by Gasteiger charge is 2.07. The molecule has 0 radical (unpaired) electrons. The van der Waals surface area contributed by atoms with Crippen molar-refractivity contribution in [3.63, 3.8) is 0 Å². The summed E-state index contributed by atoms with van der Waals surface area (Å²) in [6, 6.07) is 5.96. The van der Waals surface area contributed by atoms with E-state index in [1.807, 2.05) is 32.0 Å². The first kappa shape index (κ1) is 12.3. The minimum Gasteiger partial charge on any atom is -0.369 e. The van der Waals surface area contributed by atoms with Crippen LogP contribution in [0.1, 0.15) is 25.6 Å². The molecule has 2 heterocycles. The molecule has 0 bridgehead atoms. The van der Waals surface area contributed by atoms with E-state index in [2.05, 4.69) is 25.6 Å². The van der Waals surface area contributed by atoms with Crippen LogP contribution in [0.2, 0.25) is 0 Å². The SMILES string of the molecule is CCNc1cncc(NC(C)c2ccccn2)n1. The van der Waals surface area contributed by atoms with Crippen molar-refractivity contribution in [2.45, 2.75) is 19.9 Å². The molecule has 2 aromatic rings. The van der Waals surface area contributed by atoms with Crippen molar-refractivity contribution in [3.8, 4) is 0 Å². The van der Waals surface area contributed by atoms with Gasteiger partial charge in [-0.25, -0.2) is 4.98 Å². The molecule has 0 spiro atoms. The van der Waals surface area contributed by atoms with Gasteiger partial charge in [0.2, 0.25) is 0 Å². The molecule has 5 heteroatoms. The van der Waals surface area contributed by atoms with Gasteiger partial charge in [0.15, 0.2) is 0 Å². The van der Waals surface area contributed by atoms with Gasteiger partial charge in [-0.05, 0) is 26.0 Å². The Morgan fingerprint density at radius 2 is 2.06 bits per heavy atom. The molecular weight excluding hydrogens is 226 g/mol. The summed E-state index contributed by atoms with van der Waals surface area (Å²) >= 11 is 0. The Kier molecular flexibility index (Phi) is 4.06. The maximum atomic E-state index is 4.42. The number of pyridine rings is 1. The predicted molar refractivity (Wildman–Crippen MR) is 72.5 cm³/mol. The number of nitrogens with one attached hydrogen (secondary N) is 2. The lowest BCUT2D eigenvalue weighted by atomic mass is 10.2. The van der Waals surface area contributed by atoms with Crippen molar-refractivity contribution in [3.05, 3.63) is 42.5 Å². The number of hydrogen-bond donors (Lipinski definition) is 2. The van der Waals surface area contributed by atoms with Crippen LogP contribution >= 0.6 is 0 Å². The minimum atomic E-state index is 0.0948. The maximum Gasteiger partial charge on any atom is 0.147 e. The smallest absolute Gasteiger partial charge is 0.147 e. The normalized spacial score (nSPS) is 11.9. The van der Waals surface area contributed by atoms with Crippen LogP contribution in [0.3, 0.4) is 0 Å². The van der Waals surface area contributed by atoms with E-state index < -0.39 is 0 Å². The third-order valence-corrected chi connectivity index (χ3v) is 2.49. The quantitative estimate of drug-likeness (QED) is 0.844. The molecule has 1 unspecified atom stereocenters. The fraction of sp³-hybridized carbons (Fsp3) is 0.308. The van der Waals surface area contributed by atoms with E-state index in [0.29, 0.717) is 0 Å². The molecule has 2 aromatic heterocycles. The zero-order valence-electron chi connectivity index (χ0n) is 10.6. The molecule has 0 aliphatic heterocycles. The first-order chi connectivity index (χ1) is 8.79. The second kappa shape index (κ2) is 5.95. The second-order valence-corrected chi connectivity index (χ2v) is 3.94. The highest BCUT2D eigenvalue weighted by atomic mass is 15.1. The fourth-order valence-electron chi connectivity index (χ4n) is 1.63. The summed E-state index contributed by atoms with van der Waals surface area (Å²) in [6.07, 6.45) is 5.20. The van der Waals surface area contributed by atoms with E-state index in [9.17, 15) is 0 Å². The minimum absolute atomic E-state index is 0.0948. The van der Waals surface area contributed by atoms with Crippen LogP contribution in [0.15, 0.2) is 36.8 Å². The fourth-order valence-corrected chi connectivity index (χ4v) is 1.63. The molecule has 0 amide bonds. The number of aromatic nitrogens is 3. The summed E-state index contributed by atoms with van der Waals surface area (Å²) in [5.41, 5.74) is 0.980. The molecular formula is C13H17N5. The van der Waals surface area contributed by atoms with E-state index in [0.717, 1.165) is 23.9 Å². The highest BCUT2D eigenvalue weighted by Crippen LogP contribution is 2.15. The van der Waals surface area contributed by atoms with Crippen LogP contribution in [0.25, 0.3) is 0 Å².